The van der Waals surface area contributed by atoms with Crippen LogP contribution in [0.5, 0.6) is 0 Å². The summed E-state index contributed by atoms with van der Waals surface area (Å²) < 4.78 is 6.61. The molecule has 0 aliphatic carbocycles. The minimum Gasteiger partial charge on any atom is -0.394 e. The van der Waals surface area contributed by atoms with E-state index in [1.165, 1.54) is 16.8 Å². The average molecular weight is 320 g/mol. The monoisotopic (exact) mass is 320 g/mol. The van der Waals surface area contributed by atoms with E-state index in [-0.39, 0.29) is 18.8 Å². The Labute approximate surface area is 130 Å². The molecule has 9 heteroatoms. The summed E-state index contributed by atoms with van der Waals surface area (Å²) in [4.78, 5) is 30.5. The van der Waals surface area contributed by atoms with Gasteiger partial charge in [0.25, 0.3) is 5.91 Å². The number of ether oxygens (including phenoxy) is 1. The lowest BCUT2D eigenvalue weighted by molar-refractivity contribution is -0.0458. The molecule has 1 fully saturated rings. The minimum atomic E-state index is -0.843. The normalized spacial score (nSPS) is 23.8. The van der Waals surface area contributed by atoms with E-state index in [1.54, 1.807) is 18.3 Å². The maximum absolute atomic E-state index is 12.1. The van der Waals surface area contributed by atoms with Gasteiger partial charge in [0.15, 0.2) is 0 Å². The minimum absolute atomic E-state index is 0.114. The van der Waals surface area contributed by atoms with Crippen LogP contribution < -0.4 is 11.0 Å². The highest BCUT2D eigenvalue weighted by Gasteiger charge is 2.34. The van der Waals surface area contributed by atoms with Crippen molar-refractivity contribution in [2.45, 2.75) is 24.9 Å². The van der Waals surface area contributed by atoms with Crippen LogP contribution in [0.3, 0.4) is 0 Å². The number of amides is 1. The van der Waals surface area contributed by atoms with Crippen molar-refractivity contribution >= 4 is 11.7 Å². The van der Waals surface area contributed by atoms with Crippen molar-refractivity contribution < 1.29 is 19.7 Å². The first-order valence-electron chi connectivity index (χ1n) is 7.07. The molecule has 1 aliphatic rings. The van der Waals surface area contributed by atoms with Crippen LogP contribution in [0.2, 0.25) is 0 Å². The topological polar surface area (TPSA) is 129 Å². The third-order valence-corrected chi connectivity index (χ3v) is 3.61. The number of aliphatic hydroxyl groups excluding tert-OH is 2. The first-order chi connectivity index (χ1) is 11.1. The zero-order chi connectivity index (χ0) is 16.4. The van der Waals surface area contributed by atoms with Crippen molar-refractivity contribution in [2.75, 3.05) is 11.9 Å². The molecule has 122 valence electrons. The Morgan fingerprint density at radius 1 is 1.52 bits per heavy atom. The number of nitrogens with one attached hydrogen (secondary N) is 2. The summed E-state index contributed by atoms with van der Waals surface area (Å²) in [6.45, 7) is -0.329. The standard InChI is InChI=1S/C14H16N4O5/c19-7-10-9(20)6-12(23-10)18-5-3-11(17-14(18)22)16-13(21)8-2-1-4-15-8/h1-5,9-10,12,15,19-20H,6-7H2,(H,16,17,21,22)/t9-,10+,12+/m0/s1. The molecule has 9 nitrogen and oxygen atoms in total. The van der Waals surface area contributed by atoms with E-state index in [2.05, 4.69) is 15.3 Å². The summed E-state index contributed by atoms with van der Waals surface area (Å²) in [5.41, 5.74) is -0.269. The van der Waals surface area contributed by atoms with Crippen molar-refractivity contribution in [2.24, 2.45) is 0 Å². The molecule has 2 aromatic rings. The van der Waals surface area contributed by atoms with E-state index in [1.807, 2.05) is 0 Å². The van der Waals surface area contributed by atoms with E-state index in [9.17, 15) is 14.7 Å². The number of hydrogen-bond acceptors (Lipinski definition) is 6. The molecule has 3 atom stereocenters. The Kier molecular flexibility index (Phi) is 4.24. The molecule has 0 saturated carbocycles. The van der Waals surface area contributed by atoms with Gasteiger partial charge < -0.3 is 25.3 Å². The van der Waals surface area contributed by atoms with Crippen LogP contribution in [0, 0.1) is 0 Å². The van der Waals surface area contributed by atoms with Gasteiger partial charge in [-0.15, -0.1) is 0 Å². The summed E-state index contributed by atoms with van der Waals surface area (Å²) in [5, 5.41) is 21.3. The van der Waals surface area contributed by atoms with Crippen LogP contribution in [0.1, 0.15) is 23.1 Å². The van der Waals surface area contributed by atoms with Crippen LogP contribution in [0.25, 0.3) is 0 Å². The Hall–Kier alpha value is -2.49. The van der Waals surface area contributed by atoms with Crippen molar-refractivity contribution in [3.63, 3.8) is 0 Å². The molecule has 0 radical (unpaired) electrons. The second-order valence-electron chi connectivity index (χ2n) is 5.16. The first kappa shape index (κ1) is 15.4. The summed E-state index contributed by atoms with van der Waals surface area (Å²) in [6.07, 6.45) is 0.955. The number of carbonyl (C=O) groups is 1. The third kappa shape index (κ3) is 3.16. The molecule has 0 unspecified atom stereocenters. The second-order valence-corrected chi connectivity index (χ2v) is 5.16. The van der Waals surface area contributed by atoms with Crippen LogP contribution in [-0.4, -0.2) is 49.5 Å². The molecule has 0 spiro atoms. The van der Waals surface area contributed by atoms with Crippen LogP contribution in [-0.2, 0) is 4.74 Å². The van der Waals surface area contributed by atoms with Gasteiger partial charge in [0.1, 0.15) is 23.8 Å². The summed E-state index contributed by atoms with van der Waals surface area (Å²) in [7, 11) is 0. The number of carbonyl (C=O) groups excluding carboxylic acids is 1. The first-order valence-corrected chi connectivity index (χ1v) is 7.07. The number of H-pyrrole nitrogens is 1. The Morgan fingerprint density at radius 3 is 2.96 bits per heavy atom. The van der Waals surface area contributed by atoms with Gasteiger partial charge in [0, 0.05) is 18.8 Å². The maximum atomic E-state index is 12.1. The van der Waals surface area contributed by atoms with Gasteiger partial charge in [-0.1, -0.05) is 0 Å². The second kappa shape index (κ2) is 6.32. The van der Waals surface area contributed by atoms with E-state index in [4.69, 9.17) is 9.84 Å². The van der Waals surface area contributed by atoms with E-state index < -0.39 is 30.0 Å². The van der Waals surface area contributed by atoms with Crippen molar-refractivity contribution in [3.05, 3.63) is 46.8 Å². The number of hydrogen-bond donors (Lipinski definition) is 4. The molecular weight excluding hydrogens is 304 g/mol. The fourth-order valence-electron chi connectivity index (χ4n) is 2.41. The lowest BCUT2D eigenvalue weighted by atomic mass is 10.2. The molecule has 3 rings (SSSR count). The Morgan fingerprint density at radius 2 is 2.35 bits per heavy atom. The molecule has 0 bridgehead atoms. The molecular formula is C14H16N4O5. The van der Waals surface area contributed by atoms with Crippen LogP contribution >= 0.6 is 0 Å². The van der Waals surface area contributed by atoms with Gasteiger partial charge in [-0.2, -0.15) is 4.98 Å². The number of aliphatic hydroxyl groups is 2. The highest BCUT2D eigenvalue weighted by molar-refractivity contribution is 6.02. The molecule has 23 heavy (non-hydrogen) atoms. The fourth-order valence-corrected chi connectivity index (χ4v) is 2.41. The number of aromatic amines is 1. The molecule has 1 amide bonds. The van der Waals surface area contributed by atoms with Crippen molar-refractivity contribution in [1.82, 2.24) is 14.5 Å². The molecule has 2 aromatic heterocycles. The third-order valence-electron chi connectivity index (χ3n) is 3.61. The summed E-state index contributed by atoms with van der Waals surface area (Å²) >= 11 is 0. The number of rotatable bonds is 4. The average Bonchev–Trinajstić information content (AvgIpc) is 3.16. The SMILES string of the molecule is O=C(Nc1ccn([C@H]2C[C@H](O)[C@@H](CO)O2)c(=O)n1)c1ccc[nH]1. The van der Waals surface area contributed by atoms with Gasteiger partial charge in [-0.3, -0.25) is 9.36 Å². The number of aromatic nitrogens is 3. The Balaban J connectivity index is 1.74. The predicted molar refractivity (Wildman–Crippen MR) is 78.9 cm³/mol. The largest absolute Gasteiger partial charge is 0.394 e. The quantitative estimate of drug-likeness (QED) is 0.599. The van der Waals surface area contributed by atoms with Crippen molar-refractivity contribution in [3.8, 4) is 0 Å². The van der Waals surface area contributed by atoms with Gasteiger partial charge in [-0.05, 0) is 18.2 Å². The molecule has 0 aromatic carbocycles. The summed E-state index contributed by atoms with van der Waals surface area (Å²) in [5.74, 6) is -0.296. The summed E-state index contributed by atoms with van der Waals surface area (Å²) in [6, 6.07) is 4.74. The van der Waals surface area contributed by atoms with E-state index in [0.29, 0.717) is 5.69 Å². The van der Waals surface area contributed by atoms with Crippen LogP contribution in [0.4, 0.5) is 5.82 Å². The highest BCUT2D eigenvalue weighted by atomic mass is 16.5. The fraction of sp³-hybridized carbons (Fsp3) is 0.357. The maximum Gasteiger partial charge on any atom is 0.351 e. The zero-order valence-corrected chi connectivity index (χ0v) is 12.0. The molecule has 3 heterocycles. The van der Waals surface area contributed by atoms with Gasteiger partial charge >= 0.3 is 5.69 Å². The van der Waals surface area contributed by atoms with Crippen LogP contribution in [0.15, 0.2) is 35.4 Å². The van der Waals surface area contributed by atoms with Crippen molar-refractivity contribution in [1.29, 1.82) is 0 Å². The lowest BCUT2D eigenvalue weighted by Gasteiger charge is -2.14. The van der Waals surface area contributed by atoms with Gasteiger partial charge in [-0.25, -0.2) is 4.79 Å². The highest BCUT2D eigenvalue weighted by Crippen LogP contribution is 2.27. The molecule has 1 aliphatic heterocycles. The van der Waals surface area contributed by atoms with Gasteiger partial charge in [0.05, 0.1) is 12.7 Å². The lowest BCUT2D eigenvalue weighted by Crippen LogP contribution is -2.28. The van der Waals surface area contributed by atoms with E-state index >= 15 is 0 Å². The Bertz CT molecular complexity index is 742. The number of anilines is 1. The molecule has 4 N–H and O–H groups in total. The van der Waals surface area contributed by atoms with E-state index in [0.717, 1.165) is 0 Å². The molecule has 1 saturated heterocycles. The zero-order valence-electron chi connectivity index (χ0n) is 12.0. The predicted octanol–water partition coefficient (Wildman–Crippen LogP) is -0.536. The smallest absolute Gasteiger partial charge is 0.351 e. The number of nitrogens with zero attached hydrogens (tertiary/aromatic N) is 2. The van der Waals surface area contributed by atoms with Gasteiger partial charge in [0.2, 0.25) is 0 Å².